The summed E-state index contributed by atoms with van der Waals surface area (Å²) in [6.07, 6.45) is 7.75. The molecular weight excluding hydrogens is 702 g/mol. The third-order valence-corrected chi connectivity index (χ3v) is 10.0. The number of rotatable bonds is 26. The molecule has 1 fully saturated rings. The number of carbonyl (C=O) groups excluding carboxylic acids is 3. The fraction of sp³-hybridized carbons (Fsp3) is 0.610. The number of hydrogen-bond donors (Lipinski definition) is 3. The number of carbonyl (C=O) groups is 4. The van der Waals surface area contributed by atoms with Gasteiger partial charge in [-0.25, -0.2) is 4.98 Å². The van der Waals surface area contributed by atoms with Crippen LogP contribution in [-0.2, 0) is 41.7 Å². The van der Waals surface area contributed by atoms with Gasteiger partial charge in [0.25, 0.3) is 0 Å². The summed E-state index contributed by atoms with van der Waals surface area (Å²) in [7, 11) is 0. The number of nitrogens with one attached hydrogen (secondary N) is 1. The van der Waals surface area contributed by atoms with Crippen LogP contribution in [0.1, 0.15) is 94.7 Å². The molecule has 1 amide bonds. The highest BCUT2D eigenvalue weighted by molar-refractivity contribution is 5.88. The Labute approximate surface area is 325 Å². The first-order chi connectivity index (χ1) is 26.5. The van der Waals surface area contributed by atoms with Gasteiger partial charge in [0.1, 0.15) is 17.1 Å². The average Bonchev–Trinajstić information content (AvgIpc) is 3.56. The van der Waals surface area contributed by atoms with Crippen molar-refractivity contribution in [3.63, 3.8) is 0 Å². The van der Waals surface area contributed by atoms with E-state index < -0.39 is 11.9 Å². The lowest BCUT2D eigenvalue weighted by molar-refractivity contribution is -0.143. The highest BCUT2D eigenvalue weighted by atomic mass is 16.5. The summed E-state index contributed by atoms with van der Waals surface area (Å²) in [6, 6.07) is 8.66. The van der Waals surface area contributed by atoms with Crippen molar-refractivity contribution in [1.82, 2.24) is 24.3 Å². The second-order valence-corrected chi connectivity index (χ2v) is 14.6. The number of nitrogens with two attached hydrogens (primary N) is 1. The summed E-state index contributed by atoms with van der Waals surface area (Å²) < 4.78 is 13.4. The Morgan fingerprint density at radius 2 is 1.60 bits per heavy atom. The number of carboxylic acid groups (broad SMARTS) is 1. The number of aromatic nitrogens is 3. The Hall–Kier alpha value is -4.40. The van der Waals surface area contributed by atoms with Gasteiger partial charge in [-0.3, -0.25) is 24.1 Å². The van der Waals surface area contributed by atoms with E-state index in [9.17, 15) is 19.2 Å². The van der Waals surface area contributed by atoms with Crippen LogP contribution in [0.2, 0.25) is 0 Å². The van der Waals surface area contributed by atoms with Gasteiger partial charge >= 0.3 is 5.97 Å². The minimum atomic E-state index is -0.985. The minimum Gasteiger partial charge on any atom is -0.481 e. The van der Waals surface area contributed by atoms with Crippen LogP contribution in [0, 0.1) is 12.8 Å². The molecule has 0 spiro atoms. The van der Waals surface area contributed by atoms with Crippen molar-refractivity contribution in [1.29, 1.82) is 0 Å². The van der Waals surface area contributed by atoms with Crippen LogP contribution in [-0.4, -0.2) is 112 Å². The number of nitrogens with zero attached hydrogens (tertiary/aromatic N) is 5. The smallest absolute Gasteiger partial charge is 0.306 e. The Kier molecular flexibility index (Phi) is 18.0. The summed E-state index contributed by atoms with van der Waals surface area (Å²) in [5.74, 6) is -0.580. The zero-order valence-electron chi connectivity index (χ0n) is 33.0. The van der Waals surface area contributed by atoms with Gasteiger partial charge in [0.2, 0.25) is 11.9 Å². The largest absolute Gasteiger partial charge is 0.481 e. The van der Waals surface area contributed by atoms with Gasteiger partial charge in [-0.05, 0) is 48.9 Å². The summed E-state index contributed by atoms with van der Waals surface area (Å²) >= 11 is 0. The number of nitrogen functional groups attached to an aromatic ring is 1. The lowest BCUT2D eigenvalue weighted by Gasteiger charge is -2.35. The summed E-state index contributed by atoms with van der Waals surface area (Å²) in [5.41, 5.74) is 11.5. The standard InChI is InChI=1S/C41H61N7O7/c1-4-5-6-16-43-39-38-36(44-41(42)45-39)14-17-48(38)29-33-13-12-32(26-30(33)2)28-46-18-20-47(21-19-46)37(51)15-23-55-25-24-54-22-8-11-34(49)9-7-10-35(50)27-31(3)40(52)53/h12-14,17,26,31H,4-11,15-16,18-25,27-29H2,1-3H3,(H,52,53)(H3,42,43,44,45). The van der Waals surface area contributed by atoms with Gasteiger partial charge in [-0.1, -0.05) is 44.9 Å². The molecule has 302 valence electrons. The van der Waals surface area contributed by atoms with E-state index in [1.165, 1.54) is 23.6 Å². The van der Waals surface area contributed by atoms with E-state index in [-0.39, 0.29) is 36.3 Å². The number of ether oxygens (including phenoxy) is 2. The maximum Gasteiger partial charge on any atom is 0.306 e. The molecule has 0 radical (unpaired) electrons. The molecule has 1 atom stereocenters. The molecule has 1 aliphatic rings. The number of amides is 1. The van der Waals surface area contributed by atoms with Crippen molar-refractivity contribution in [3.8, 4) is 0 Å². The third-order valence-electron chi connectivity index (χ3n) is 10.0. The van der Waals surface area contributed by atoms with Crippen molar-refractivity contribution in [2.24, 2.45) is 5.92 Å². The molecule has 2 aromatic heterocycles. The average molecular weight is 764 g/mol. The van der Waals surface area contributed by atoms with Gasteiger partial charge in [0.05, 0.1) is 37.7 Å². The minimum absolute atomic E-state index is 0.00399. The van der Waals surface area contributed by atoms with Gasteiger partial charge in [-0.2, -0.15) is 4.98 Å². The summed E-state index contributed by atoms with van der Waals surface area (Å²) in [4.78, 5) is 60.8. The van der Waals surface area contributed by atoms with Crippen molar-refractivity contribution in [3.05, 3.63) is 47.2 Å². The topological polar surface area (TPSA) is 182 Å². The van der Waals surface area contributed by atoms with Crippen LogP contribution < -0.4 is 11.1 Å². The lowest BCUT2D eigenvalue weighted by atomic mass is 10.0. The number of fused-ring (bicyclic) bond motifs is 1. The van der Waals surface area contributed by atoms with Crippen LogP contribution in [0.25, 0.3) is 11.0 Å². The molecule has 1 aromatic carbocycles. The zero-order chi connectivity index (χ0) is 39.6. The van der Waals surface area contributed by atoms with E-state index >= 15 is 0 Å². The molecule has 14 nitrogen and oxygen atoms in total. The number of unbranched alkanes of at least 4 members (excludes halogenated alkanes) is 2. The second kappa shape index (κ2) is 22.9. The van der Waals surface area contributed by atoms with E-state index in [4.69, 9.17) is 20.3 Å². The maximum absolute atomic E-state index is 12.8. The number of aryl methyl sites for hydroxylation is 1. The fourth-order valence-electron chi connectivity index (χ4n) is 6.74. The molecule has 55 heavy (non-hydrogen) atoms. The van der Waals surface area contributed by atoms with E-state index in [0.717, 1.165) is 62.3 Å². The molecule has 1 aliphatic heterocycles. The molecule has 1 unspecified atom stereocenters. The summed E-state index contributed by atoms with van der Waals surface area (Å²) in [6.45, 7) is 12.8. The van der Waals surface area contributed by atoms with Gasteiger partial charge in [-0.15, -0.1) is 0 Å². The van der Waals surface area contributed by atoms with E-state index in [2.05, 4.69) is 56.8 Å². The monoisotopic (exact) mass is 763 g/mol. The zero-order valence-corrected chi connectivity index (χ0v) is 33.0. The number of aliphatic carboxylic acids is 1. The molecule has 0 saturated carbocycles. The van der Waals surface area contributed by atoms with E-state index in [1.54, 1.807) is 0 Å². The SMILES string of the molecule is CCCCCNc1nc(N)nc2ccn(Cc3ccc(CN4CCN(C(=O)CCOCCOCCCC(=O)CCCC(=O)CC(C)C(=O)O)CC4)cc3C)c12. The van der Waals surface area contributed by atoms with Crippen LogP contribution >= 0.6 is 0 Å². The lowest BCUT2D eigenvalue weighted by Crippen LogP contribution is -2.48. The Bertz CT molecular complexity index is 1700. The van der Waals surface area contributed by atoms with Crippen molar-refractivity contribution in [2.75, 3.05) is 70.2 Å². The normalized spacial score (nSPS) is 14.0. The first-order valence-corrected chi connectivity index (χ1v) is 19.9. The third kappa shape index (κ3) is 14.6. The molecule has 14 heteroatoms. The van der Waals surface area contributed by atoms with Crippen molar-refractivity contribution in [2.45, 2.75) is 98.1 Å². The number of anilines is 2. The predicted octanol–water partition coefficient (Wildman–Crippen LogP) is 5.24. The number of ketones is 2. The number of carboxylic acids is 1. The maximum atomic E-state index is 12.8. The van der Waals surface area contributed by atoms with Crippen molar-refractivity contribution < 1.29 is 33.8 Å². The molecule has 0 aliphatic carbocycles. The number of hydrogen-bond acceptors (Lipinski definition) is 11. The van der Waals surface area contributed by atoms with Gasteiger partial charge in [0, 0.05) is 84.3 Å². The number of Topliss-reactive ketones (excluding diaryl/α,β-unsaturated/α-hetero) is 2. The molecule has 0 bridgehead atoms. The summed E-state index contributed by atoms with van der Waals surface area (Å²) in [5, 5.41) is 12.4. The van der Waals surface area contributed by atoms with Crippen LogP contribution in [0.5, 0.6) is 0 Å². The first-order valence-electron chi connectivity index (χ1n) is 19.9. The van der Waals surface area contributed by atoms with Crippen LogP contribution in [0.3, 0.4) is 0 Å². The fourth-order valence-corrected chi connectivity index (χ4v) is 6.74. The predicted molar refractivity (Wildman–Crippen MR) is 213 cm³/mol. The van der Waals surface area contributed by atoms with E-state index in [0.29, 0.717) is 78.2 Å². The van der Waals surface area contributed by atoms with Crippen LogP contribution in [0.4, 0.5) is 11.8 Å². The Balaban J connectivity index is 1.07. The molecular formula is C41H61N7O7. The number of piperazine rings is 1. The van der Waals surface area contributed by atoms with Gasteiger partial charge in [0.15, 0.2) is 5.82 Å². The molecule has 1 saturated heterocycles. The molecule has 3 aromatic rings. The highest BCUT2D eigenvalue weighted by Crippen LogP contribution is 2.25. The quantitative estimate of drug-likeness (QED) is 0.0907. The molecule has 3 heterocycles. The van der Waals surface area contributed by atoms with Gasteiger partial charge < -0.3 is 35.1 Å². The highest BCUT2D eigenvalue weighted by Gasteiger charge is 2.21. The Morgan fingerprint density at radius 3 is 2.33 bits per heavy atom. The van der Waals surface area contributed by atoms with Crippen LogP contribution in [0.15, 0.2) is 30.5 Å². The Morgan fingerprint density at radius 1 is 0.873 bits per heavy atom. The molecule has 4 N–H and O–H groups in total. The number of benzene rings is 1. The first kappa shape index (κ1) is 43.3. The second-order valence-electron chi connectivity index (χ2n) is 14.6. The van der Waals surface area contributed by atoms with E-state index in [1.807, 2.05) is 17.2 Å². The molecule has 4 rings (SSSR count). The van der Waals surface area contributed by atoms with Crippen molar-refractivity contribution >= 4 is 46.2 Å².